The van der Waals surface area contributed by atoms with Crippen molar-refractivity contribution < 1.29 is 0 Å². The van der Waals surface area contributed by atoms with Crippen LogP contribution in [0.5, 0.6) is 0 Å². The summed E-state index contributed by atoms with van der Waals surface area (Å²) in [4.78, 5) is 4.34. The van der Waals surface area contributed by atoms with Gasteiger partial charge in [-0.1, -0.05) is 6.92 Å². The van der Waals surface area contributed by atoms with E-state index in [1.165, 1.54) is 0 Å². The molecule has 1 aromatic heterocycles. The van der Waals surface area contributed by atoms with E-state index in [1.807, 2.05) is 0 Å². The van der Waals surface area contributed by atoms with Crippen molar-refractivity contribution in [2.45, 2.75) is 26.2 Å². The largest absolute Gasteiger partial charge is 0.244 e. The van der Waals surface area contributed by atoms with Crippen LogP contribution in [0.25, 0.3) is 0 Å². The average Bonchev–Trinajstić information content (AvgIpc) is 2.34. The van der Waals surface area contributed by atoms with Crippen LogP contribution in [0.3, 0.4) is 0 Å². The van der Waals surface area contributed by atoms with Crippen molar-refractivity contribution >= 4 is 27.3 Å². The number of thiazole rings is 1. The van der Waals surface area contributed by atoms with Crippen LogP contribution in [0.15, 0.2) is 3.79 Å². The van der Waals surface area contributed by atoms with Crippen molar-refractivity contribution in [3.63, 3.8) is 0 Å². The molecule has 0 unspecified atom stereocenters. The summed E-state index contributed by atoms with van der Waals surface area (Å²) in [5, 5.41) is 9.60. The SMILES string of the molecule is CCCc1nc(CC#N)c(Br)s1. The van der Waals surface area contributed by atoms with E-state index in [0.717, 1.165) is 27.3 Å². The van der Waals surface area contributed by atoms with Gasteiger partial charge in [0, 0.05) is 0 Å². The van der Waals surface area contributed by atoms with Crippen LogP contribution in [0, 0.1) is 11.3 Å². The van der Waals surface area contributed by atoms with Gasteiger partial charge in [0.05, 0.1) is 27.0 Å². The topological polar surface area (TPSA) is 36.7 Å². The van der Waals surface area contributed by atoms with Gasteiger partial charge >= 0.3 is 0 Å². The van der Waals surface area contributed by atoms with Gasteiger partial charge in [-0.25, -0.2) is 4.98 Å². The lowest BCUT2D eigenvalue weighted by molar-refractivity contribution is 0.899. The monoisotopic (exact) mass is 244 g/mol. The third kappa shape index (κ3) is 2.29. The molecule has 0 aromatic carbocycles. The number of nitrogens with zero attached hydrogens (tertiary/aromatic N) is 2. The van der Waals surface area contributed by atoms with E-state index >= 15 is 0 Å². The summed E-state index contributed by atoms with van der Waals surface area (Å²) in [6, 6.07) is 2.09. The van der Waals surface area contributed by atoms with Gasteiger partial charge in [-0.15, -0.1) is 11.3 Å². The van der Waals surface area contributed by atoms with Crippen molar-refractivity contribution in [3.05, 3.63) is 14.5 Å². The number of hydrogen-bond acceptors (Lipinski definition) is 3. The summed E-state index contributed by atoms with van der Waals surface area (Å²) < 4.78 is 1.01. The van der Waals surface area contributed by atoms with E-state index < -0.39 is 0 Å². The fraction of sp³-hybridized carbons (Fsp3) is 0.500. The summed E-state index contributed by atoms with van der Waals surface area (Å²) in [5.41, 5.74) is 0.881. The van der Waals surface area contributed by atoms with Crippen LogP contribution < -0.4 is 0 Å². The molecular formula is C8H9BrN2S. The molecule has 0 aliphatic rings. The average molecular weight is 245 g/mol. The number of halogens is 1. The van der Waals surface area contributed by atoms with E-state index in [4.69, 9.17) is 5.26 Å². The zero-order chi connectivity index (χ0) is 8.97. The molecule has 1 heterocycles. The zero-order valence-electron chi connectivity index (χ0n) is 6.80. The molecule has 2 nitrogen and oxygen atoms in total. The Morgan fingerprint density at radius 2 is 2.42 bits per heavy atom. The first-order chi connectivity index (χ1) is 5.77. The van der Waals surface area contributed by atoms with Crippen LogP contribution in [0.4, 0.5) is 0 Å². The summed E-state index contributed by atoms with van der Waals surface area (Å²) in [6.45, 7) is 2.12. The van der Waals surface area contributed by atoms with Crippen molar-refractivity contribution in [2.75, 3.05) is 0 Å². The highest BCUT2D eigenvalue weighted by Gasteiger charge is 2.06. The van der Waals surface area contributed by atoms with Crippen molar-refractivity contribution in [1.82, 2.24) is 4.98 Å². The lowest BCUT2D eigenvalue weighted by Crippen LogP contribution is -1.85. The Hall–Kier alpha value is -0.400. The molecule has 12 heavy (non-hydrogen) atoms. The van der Waals surface area contributed by atoms with Crippen LogP contribution in [-0.4, -0.2) is 4.98 Å². The predicted molar refractivity (Wildman–Crippen MR) is 53.1 cm³/mol. The predicted octanol–water partition coefficient (Wildman–Crippen LogP) is 2.92. The molecule has 0 amide bonds. The lowest BCUT2D eigenvalue weighted by Gasteiger charge is -1.86. The van der Waals surface area contributed by atoms with Gasteiger partial charge in [0.1, 0.15) is 0 Å². The summed E-state index contributed by atoms with van der Waals surface area (Å²) >= 11 is 5.03. The Labute approximate surface area is 84.4 Å². The van der Waals surface area contributed by atoms with Crippen molar-refractivity contribution in [2.24, 2.45) is 0 Å². The maximum atomic E-state index is 8.48. The Kier molecular flexibility index (Phi) is 3.70. The molecule has 1 rings (SSSR count). The van der Waals surface area contributed by atoms with Crippen LogP contribution in [-0.2, 0) is 12.8 Å². The Morgan fingerprint density at radius 3 is 3.00 bits per heavy atom. The Balaban J connectivity index is 2.79. The first kappa shape index (κ1) is 9.69. The molecule has 0 saturated carbocycles. The molecule has 0 N–H and O–H groups in total. The number of aryl methyl sites for hydroxylation is 1. The highest BCUT2D eigenvalue weighted by atomic mass is 79.9. The summed E-state index contributed by atoms with van der Waals surface area (Å²) in [5.74, 6) is 0. The molecular weight excluding hydrogens is 236 g/mol. The minimum atomic E-state index is 0.404. The first-order valence-corrected chi connectivity index (χ1v) is 5.40. The standard InChI is InChI=1S/C8H9BrN2S/c1-2-3-7-11-6(4-5-10)8(9)12-7/h2-4H2,1H3. The van der Waals surface area contributed by atoms with Gasteiger partial charge in [0.25, 0.3) is 0 Å². The maximum Gasteiger partial charge on any atom is 0.0942 e. The first-order valence-electron chi connectivity index (χ1n) is 3.79. The molecule has 0 aliphatic heterocycles. The fourth-order valence-electron chi connectivity index (χ4n) is 0.884. The summed E-state index contributed by atoms with van der Waals surface area (Å²) in [6.07, 6.45) is 2.52. The highest BCUT2D eigenvalue weighted by Crippen LogP contribution is 2.25. The van der Waals surface area contributed by atoms with E-state index in [0.29, 0.717) is 6.42 Å². The molecule has 0 radical (unpaired) electrons. The smallest absolute Gasteiger partial charge is 0.0942 e. The summed E-state index contributed by atoms with van der Waals surface area (Å²) in [7, 11) is 0. The van der Waals surface area contributed by atoms with Crippen LogP contribution >= 0.6 is 27.3 Å². The number of nitriles is 1. The van der Waals surface area contributed by atoms with Gasteiger partial charge in [0.15, 0.2) is 0 Å². The van der Waals surface area contributed by atoms with Gasteiger partial charge in [-0.05, 0) is 28.8 Å². The van der Waals surface area contributed by atoms with Gasteiger partial charge in [0.2, 0.25) is 0 Å². The normalized spacial score (nSPS) is 9.75. The number of rotatable bonds is 3. The molecule has 0 spiro atoms. The fourth-order valence-corrected chi connectivity index (χ4v) is 2.58. The van der Waals surface area contributed by atoms with Crippen LogP contribution in [0.2, 0.25) is 0 Å². The number of hydrogen-bond donors (Lipinski definition) is 0. The molecule has 0 atom stereocenters. The van der Waals surface area contributed by atoms with E-state index in [9.17, 15) is 0 Å². The maximum absolute atomic E-state index is 8.48. The second-order valence-electron chi connectivity index (χ2n) is 2.41. The molecule has 1 aromatic rings. The molecule has 0 aliphatic carbocycles. The second-order valence-corrected chi connectivity index (χ2v) is 4.81. The Bertz CT molecular complexity index is 300. The van der Waals surface area contributed by atoms with Crippen LogP contribution in [0.1, 0.15) is 24.0 Å². The Morgan fingerprint density at radius 1 is 1.67 bits per heavy atom. The molecule has 0 bridgehead atoms. The minimum absolute atomic E-state index is 0.404. The third-order valence-electron chi connectivity index (χ3n) is 1.40. The van der Waals surface area contributed by atoms with E-state index in [2.05, 4.69) is 33.9 Å². The lowest BCUT2D eigenvalue weighted by atomic mass is 10.3. The van der Waals surface area contributed by atoms with E-state index in [1.54, 1.807) is 11.3 Å². The number of aromatic nitrogens is 1. The molecule has 0 saturated heterocycles. The van der Waals surface area contributed by atoms with Gasteiger partial charge in [-0.2, -0.15) is 5.26 Å². The van der Waals surface area contributed by atoms with E-state index in [-0.39, 0.29) is 0 Å². The van der Waals surface area contributed by atoms with Gasteiger partial charge < -0.3 is 0 Å². The van der Waals surface area contributed by atoms with Crippen molar-refractivity contribution in [3.8, 4) is 6.07 Å². The quantitative estimate of drug-likeness (QED) is 0.820. The molecule has 4 heteroatoms. The molecule has 0 fully saturated rings. The molecule has 64 valence electrons. The zero-order valence-corrected chi connectivity index (χ0v) is 9.20. The van der Waals surface area contributed by atoms with Crippen molar-refractivity contribution in [1.29, 1.82) is 5.26 Å². The minimum Gasteiger partial charge on any atom is -0.244 e. The third-order valence-corrected chi connectivity index (χ3v) is 3.29. The highest BCUT2D eigenvalue weighted by molar-refractivity contribution is 9.11. The van der Waals surface area contributed by atoms with Gasteiger partial charge in [-0.3, -0.25) is 0 Å². The second kappa shape index (κ2) is 4.58.